The number of urea groups is 1. The lowest BCUT2D eigenvalue weighted by atomic mass is 9.88. The van der Waals surface area contributed by atoms with Gasteiger partial charge in [-0.05, 0) is 42.0 Å². The molecule has 114 valence electrons. The Balaban J connectivity index is 1.79. The SMILES string of the molecule is CN1Cc2cc(C(O)C3CCCCCC3)ccc2NC1=O. The van der Waals surface area contributed by atoms with E-state index in [-0.39, 0.29) is 12.1 Å². The van der Waals surface area contributed by atoms with Crippen LogP contribution >= 0.6 is 0 Å². The molecule has 2 aliphatic rings. The van der Waals surface area contributed by atoms with Crippen molar-refractivity contribution in [3.05, 3.63) is 29.3 Å². The van der Waals surface area contributed by atoms with Crippen LogP contribution in [-0.4, -0.2) is 23.1 Å². The van der Waals surface area contributed by atoms with Crippen molar-refractivity contribution in [2.75, 3.05) is 12.4 Å². The fourth-order valence-electron chi connectivity index (χ4n) is 3.49. The Kier molecular flexibility index (Phi) is 4.15. The number of benzene rings is 1. The molecule has 1 aromatic carbocycles. The molecule has 2 N–H and O–H groups in total. The second-order valence-electron chi connectivity index (χ2n) is 6.40. The Morgan fingerprint density at radius 1 is 1.24 bits per heavy atom. The number of fused-ring (bicyclic) bond motifs is 1. The van der Waals surface area contributed by atoms with E-state index >= 15 is 0 Å². The molecule has 4 nitrogen and oxygen atoms in total. The Morgan fingerprint density at radius 3 is 2.67 bits per heavy atom. The number of carbonyl (C=O) groups excluding carboxylic acids is 1. The summed E-state index contributed by atoms with van der Waals surface area (Å²) in [6, 6.07) is 5.87. The van der Waals surface area contributed by atoms with E-state index in [0.29, 0.717) is 12.5 Å². The highest BCUT2D eigenvalue weighted by Gasteiger charge is 2.25. The number of aliphatic hydroxyl groups is 1. The molecule has 0 bridgehead atoms. The minimum Gasteiger partial charge on any atom is -0.388 e. The van der Waals surface area contributed by atoms with E-state index in [0.717, 1.165) is 29.7 Å². The van der Waals surface area contributed by atoms with Gasteiger partial charge in [0.25, 0.3) is 0 Å². The molecule has 0 spiro atoms. The predicted octanol–water partition coefficient (Wildman–Crippen LogP) is 3.67. The van der Waals surface area contributed by atoms with Gasteiger partial charge in [0, 0.05) is 19.3 Å². The van der Waals surface area contributed by atoms with Gasteiger partial charge in [-0.1, -0.05) is 31.7 Å². The molecule has 0 radical (unpaired) electrons. The zero-order chi connectivity index (χ0) is 14.8. The highest BCUT2D eigenvalue weighted by molar-refractivity contribution is 5.92. The number of nitrogens with one attached hydrogen (secondary N) is 1. The highest BCUT2D eigenvalue weighted by atomic mass is 16.3. The number of anilines is 1. The average molecular weight is 288 g/mol. The average Bonchev–Trinajstić information content (AvgIpc) is 2.76. The van der Waals surface area contributed by atoms with Crippen LogP contribution < -0.4 is 5.32 Å². The quantitative estimate of drug-likeness (QED) is 0.816. The van der Waals surface area contributed by atoms with Crippen LogP contribution in [0.25, 0.3) is 0 Å². The highest BCUT2D eigenvalue weighted by Crippen LogP contribution is 2.35. The fourth-order valence-corrected chi connectivity index (χ4v) is 3.49. The molecule has 1 heterocycles. The molecule has 4 heteroatoms. The Morgan fingerprint density at radius 2 is 1.95 bits per heavy atom. The van der Waals surface area contributed by atoms with Gasteiger partial charge >= 0.3 is 6.03 Å². The summed E-state index contributed by atoms with van der Waals surface area (Å²) in [6.07, 6.45) is 6.91. The van der Waals surface area contributed by atoms with Gasteiger partial charge in [0.2, 0.25) is 0 Å². The summed E-state index contributed by atoms with van der Waals surface area (Å²) in [5, 5.41) is 13.6. The lowest BCUT2D eigenvalue weighted by Crippen LogP contribution is -2.35. The van der Waals surface area contributed by atoms with Gasteiger partial charge in [-0.25, -0.2) is 4.79 Å². The maximum absolute atomic E-state index is 11.6. The lowest BCUT2D eigenvalue weighted by Gasteiger charge is -2.28. The van der Waals surface area contributed by atoms with Crippen LogP contribution in [0.3, 0.4) is 0 Å². The third kappa shape index (κ3) is 3.05. The summed E-state index contributed by atoms with van der Waals surface area (Å²) in [5.74, 6) is 0.376. The number of rotatable bonds is 2. The van der Waals surface area contributed by atoms with E-state index in [1.807, 2.05) is 12.1 Å². The summed E-state index contributed by atoms with van der Waals surface area (Å²) in [7, 11) is 1.78. The Labute approximate surface area is 126 Å². The van der Waals surface area contributed by atoms with Gasteiger partial charge in [-0.15, -0.1) is 0 Å². The van der Waals surface area contributed by atoms with Gasteiger partial charge in [0.15, 0.2) is 0 Å². The first-order valence-electron chi connectivity index (χ1n) is 7.98. The first-order chi connectivity index (χ1) is 10.1. The largest absolute Gasteiger partial charge is 0.388 e. The van der Waals surface area contributed by atoms with Gasteiger partial charge < -0.3 is 15.3 Å². The topological polar surface area (TPSA) is 52.6 Å². The van der Waals surface area contributed by atoms with Crippen molar-refractivity contribution < 1.29 is 9.90 Å². The summed E-state index contributed by atoms with van der Waals surface area (Å²) < 4.78 is 0. The molecule has 1 atom stereocenters. The molecule has 1 aliphatic heterocycles. The van der Waals surface area contributed by atoms with Gasteiger partial charge in [-0.2, -0.15) is 0 Å². The van der Waals surface area contributed by atoms with Crippen molar-refractivity contribution in [3.63, 3.8) is 0 Å². The second kappa shape index (κ2) is 6.06. The third-order valence-electron chi connectivity index (χ3n) is 4.81. The predicted molar refractivity (Wildman–Crippen MR) is 83.1 cm³/mol. The minimum atomic E-state index is -0.378. The zero-order valence-corrected chi connectivity index (χ0v) is 12.6. The van der Waals surface area contributed by atoms with Crippen LogP contribution in [0, 0.1) is 5.92 Å². The molecular weight excluding hydrogens is 264 g/mol. The summed E-state index contributed by atoms with van der Waals surface area (Å²) in [4.78, 5) is 13.3. The van der Waals surface area contributed by atoms with E-state index in [9.17, 15) is 9.90 Å². The normalized spacial score (nSPS) is 21.4. The van der Waals surface area contributed by atoms with E-state index in [2.05, 4.69) is 11.4 Å². The number of hydrogen-bond donors (Lipinski definition) is 2. The standard InChI is InChI=1S/C17H24N2O2/c1-19-11-14-10-13(8-9-15(14)18-17(19)21)16(20)12-6-4-2-3-5-7-12/h8-10,12,16,20H,2-7,11H2,1H3,(H,18,21). The molecule has 1 unspecified atom stereocenters. The Bertz CT molecular complexity index is 522. The second-order valence-corrected chi connectivity index (χ2v) is 6.40. The van der Waals surface area contributed by atoms with Crippen molar-refractivity contribution in [2.24, 2.45) is 5.92 Å². The monoisotopic (exact) mass is 288 g/mol. The maximum atomic E-state index is 11.6. The van der Waals surface area contributed by atoms with Gasteiger partial charge in [-0.3, -0.25) is 0 Å². The first-order valence-corrected chi connectivity index (χ1v) is 7.98. The summed E-state index contributed by atoms with van der Waals surface area (Å²) in [6.45, 7) is 0.604. The van der Waals surface area contributed by atoms with Crippen molar-refractivity contribution in [1.82, 2.24) is 4.90 Å². The lowest BCUT2D eigenvalue weighted by molar-refractivity contribution is 0.0987. The fraction of sp³-hybridized carbons (Fsp3) is 0.588. The first kappa shape index (κ1) is 14.4. The van der Waals surface area contributed by atoms with Gasteiger partial charge in [0.05, 0.1) is 6.10 Å². The number of nitrogens with zero attached hydrogens (tertiary/aromatic N) is 1. The molecule has 1 aromatic rings. The van der Waals surface area contributed by atoms with E-state index in [1.54, 1.807) is 11.9 Å². The van der Waals surface area contributed by atoms with Crippen molar-refractivity contribution in [2.45, 2.75) is 51.2 Å². The summed E-state index contributed by atoms with van der Waals surface area (Å²) >= 11 is 0. The molecule has 1 aliphatic carbocycles. The third-order valence-corrected chi connectivity index (χ3v) is 4.81. The van der Waals surface area contributed by atoms with E-state index in [4.69, 9.17) is 0 Å². The maximum Gasteiger partial charge on any atom is 0.321 e. The van der Waals surface area contributed by atoms with Crippen LogP contribution in [0.2, 0.25) is 0 Å². The molecular formula is C17H24N2O2. The smallest absolute Gasteiger partial charge is 0.321 e. The number of aliphatic hydroxyl groups excluding tert-OH is 1. The molecule has 21 heavy (non-hydrogen) atoms. The van der Waals surface area contributed by atoms with E-state index < -0.39 is 0 Å². The number of hydrogen-bond acceptors (Lipinski definition) is 2. The van der Waals surface area contributed by atoms with Crippen LogP contribution in [-0.2, 0) is 6.54 Å². The molecule has 1 fully saturated rings. The van der Waals surface area contributed by atoms with Crippen molar-refractivity contribution >= 4 is 11.7 Å². The molecule has 3 rings (SSSR count). The molecule has 1 saturated carbocycles. The number of carbonyl (C=O) groups is 1. The molecule has 0 aromatic heterocycles. The zero-order valence-electron chi connectivity index (χ0n) is 12.6. The molecule has 0 saturated heterocycles. The van der Waals surface area contributed by atoms with Crippen LogP contribution in [0.4, 0.5) is 10.5 Å². The van der Waals surface area contributed by atoms with Crippen LogP contribution in [0.15, 0.2) is 18.2 Å². The van der Waals surface area contributed by atoms with Crippen LogP contribution in [0.1, 0.15) is 55.8 Å². The van der Waals surface area contributed by atoms with Gasteiger partial charge in [0.1, 0.15) is 0 Å². The van der Waals surface area contributed by atoms with Crippen LogP contribution in [0.5, 0.6) is 0 Å². The molecule has 2 amide bonds. The minimum absolute atomic E-state index is 0.0698. The van der Waals surface area contributed by atoms with Crippen molar-refractivity contribution in [3.8, 4) is 0 Å². The number of amides is 2. The Hall–Kier alpha value is -1.55. The van der Waals surface area contributed by atoms with Crippen molar-refractivity contribution in [1.29, 1.82) is 0 Å². The van der Waals surface area contributed by atoms with E-state index in [1.165, 1.54) is 25.7 Å². The summed E-state index contributed by atoms with van der Waals surface area (Å²) in [5.41, 5.74) is 2.95.